The minimum atomic E-state index is -0.417. The zero-order chi connectivity index (χ0) is 16.0. The van der Waals surface area contributed by atoms with Gasteiger partial charge in [0.25, 0.3) is 0 Å². The number of ether oxygens (including phenoxy) is 1. The third-order valence-corrected chi connectivity index (χ3v) is 2.92. The number of carbonyl (C=O) groups excluding carboxylic acids is 2. The fourth-order valence-corrected chi connectivity index (χ4v) is 1.88. The Morgan fingerprint density at radius 1 is 1.43 bits per heavy atom. The van der Waals surface area contributed by atoms with Gasteiger partial charge in [0.15, 0.2) is 0 Å². The first-order chi connectivity index (χ1) is 9.83. The lowest BCUT2D eigenvalue weighted by molar-refractivity contribution is -0.122. The topological polar surface area (TPSA) is 71.8 Å². The number of amides is 1. The molecule has 0 aliphatic heterocycles. The molecule has 0 aliphatic rings. The zero-order valence-corrected chi connectivity index (χ0v) is 13.4. The maximum Gasteiger partial charge on any atom is 0.341 e. The smallest absolute Gasteiger partial charge is 0.341 e. The molecular weight excluding hydrogens is 272 g/mol. The molecule has 0 radical (unpaired) electrons. The van der Waals surface area contributed by atoms with Crippen molar-refractivity contribution in [3.63, 3.8) is 0 Å². The first-order valence-corrected chi connectivity index (χ1v) is 6.96. The number of carbonyl (C=O) groups is 2. The summed E-state index contributed by atoms with van der Waals surface area (Å²) in [7, 11) is 3.16. The van der Waals surface area contributed by atoms with Gasteiger partial charge >= 0.3 is 5.97 Å². The number of hydrogen-bond acceptors (Lipinski definition) is 5. The molecule has 0 spiro atoms. The number of esters is 1. The van der Waals surface area contributed by atoms with E-state index < -0.39 is 5.97 Å². The first-order valence-electron chi connectivity index (χ1n) is 6.96. The molecule has 1 aromatic rings. The first kappa shape index (κ1) is 17.2. The number of furan rings is 1. The van der Waals surface area contributed by atoms with E-state index in [4.69, 9.17) is 4.42 Å². The Balaban J connectivity index is 2.53. The Morgan fingerprint density at radius 2 is 2.10 bits per heavy atom. The van der Waals surface area contributed by atoms with Crippen LogP contribution in [0.1, 0.15) is 35.7 Å². The summed E-state index contributed by atoms with van der Waals surface area (Å²) in [6.45, 7) is 7.20. The van der Waals surface area contributed by atoms with Crippen LogP contribution >= 0.6 is 0 Å². The highest BCUT2D eigenvalue weighted by molar-refractivity contribution is 5.90. The summed E-state index contributed by atoms with van der Waals surface area (Å²) in [6.07, 6.45) is 0. The van der Waals surface area contributed by atoms with Crippen molar-refractivity contribution in [3.05, 3.63) is 23.2 Å². The Morgan fingerprint density at radius 3 is 2.67 bits per heavy atom. The van der Waals surface area contributed by atoms with Crippen LogP contribution in [-0.4, -0.2) is 44.0 Å². The van der Waals surface area contributed by atoms with Crippen molar-refractivity contribution in [2.24, 2.45) is 5.92 Å². The molecular formula is C15H24N2O4. The van der Waals surface area contributed by atoms with E-state index in [1.807, 2.05) is 25.8 Å². The number of likely N-dealkylation sites (N-methyl/N-ethyl adjacent to an activating group) is 1. The summed E-state index contributed by atoms with van der Waals surface area (Å²) < 4.78 is 10.2. The van der Waals surface area contributed by atoms with E-state index in [-0.39, 0.29) is 12.5 Å². The lowest BCUT2D eigenvalue weighted by Gasteiger charge is -2.15. The van der Waals surface area contributed by atoms with Gasteiger partial charge in [0, 0.05) is 6.54 Å². The largest absolute Gasteiger partial charge is 0.465 e. The highest BCUT2D eigenvalue weighted by atomic mass is 16.5. The van der Waals surface area contributed by atoms with Crippen molar-refractivity contribution in [2.75, 3.05) is 27.2 Å². The van der Waals surface area contributed by atoms with E-state index >= 15 is 0 Å². The summed E-state index contributed by atoms with van der Waals surface area (Å²) in [5.74, 6) is 1.14. The number of nitrogens with one attached hydrogen (secondary N) is 1. The van der Waals surface area contributed by atoms with Crippen LogP contribution in [0.2, 0.25) is 0 Å². The van der Waals surface area contributed by atoms with Crippen LogP contribution in [0, 0.1) is 12.8 Å². The molecule has 0 aromatic carbocycles. The molecule has 118 valence electrons. The van der Waals surface area contributed by atoms with Gasteiger partial charge in [-0.25, -0.2) is 4.79 Å². The summed E-state index contributed by atoms with van der Waals surface area (Å²) in [5, 5.41) is 2.86. The highest BCUT2D eigenvalue weighted by Crippen LogP contribution is 2.16. The number of rotatable bonds is 7. The van der Waals surface area contributed by atoms with E-state index in [1.165, 1.54) is 7.11 Å². The van der Waals surface area contributed by atoms with E-state index in [2.05, 4.69) is 10.1 Å². The van der Waals surface area contributed by atoms with Gasteiger partial charge in [-0.1, -0.05) is 13.8 Å². The molecule has 6 heteroatoms. The fraction of sp³-hybridized carbons (Fsp3) is 0.600. The van der Waals surface area contributed by atoms with Gasteiger partial charge in [0.2, 0.25) is 5.91 Å². The Labute approximate surface area is 125 Å². The van der Waals surface area contributed by atoms with Crippen molar-refractivity contribution < 1.29 is 18.7 Å². The number of methoxy groups -OCH3 is 1. The number of nitrogens with zero attached hydrogens (tertiary/aromatic N) is 1. The highest BCUT2D eigenvalue weighted by Gasteiger charge is 2.17. The van der Waals surface area contributed by atoms with Crippen molar-refractivity contribution in [3.8, 4) is 0 Å². The molecule has 0 bridgehead atoms. The van der Waals surface area contributed by atoms with Crippen molar-refractivity contribution in [2.45, 2.75) is 27.3 Å². The predicted molar refractivity (Wildman–Crippen MR) is 79.0 cm³/mol. The standard InChI is InChI=1S/C15H24N2O4/c1-10(2)7-16-14(18)9-17(4)8-12-6-13(11(3)21-12)15(19)20-5/h6,10H,7-9H2,1-5H3,(H,16,18). The summed E-state index contributed by atoms with van der Waals surface area (Å²) >= 11 is 0. The zero-order valence-electron chi connectivity index (χ0n) is 13.4. The molecule has 1 heterocycles. The summed E-state index contributed by atoms with van der Waals surface area (Å²) in [4.78, 5) is 25.0. The lowest BCUT2D eigenvalue weighted by Crippen LogP contribution is -2.36. The molecule has 1 rings (SSSR count). The quantitative estimate of drug-likeness (QED) is 0.773. The van der Waals surface area contributed by atoms with Gasteiger partial charge < -0.3 is 14.5 Å². The minimum Gasteiger partial charge on any atom is -0.465 e. The molecule has 1 N–H and O–H groups in total. The second-order valence-corrected chi connectivity index (χ2v) is 5.54. The van der Waals surface area contributed by atoms with E-state index in [0.717, 1.165) is 0 Å². The molecule has 6 nitrogen and oxygen atoms in total. The van der Waals surface area contributed by atoms with Crippen molar-refractivity contribution in [1.29, 1.82) is 0 Å². The van der Waals surface area contributed by atoms with Crippen LogP contribution in [0.15, 0.2) is 10.5 Å². The van der Waals surface area contributed by atoms with Crippen LogP contribution in [-0.2, 0) is 16.1 Å². The van der Waals surface area contributed by atoms with Crippen LogP contribution in [0.3, 0.4) is 0 Å². The molecule has 0 unspecified atom stereocenters. The molecule has 0 fully saturated rings. The SMILES string of the molecule is COC(=O)c1cc(CN(C)CC(=O)NCC(C)C)oc1C. The third-order valence-electron chi connectivity index (χ3n) is 2.92. The summed E-state index contributed by atoms with van der Waals surface area (Å²) in [5.41, 5.74) is 0.421. The second-order valence-electron chi connectivity index (χ2n) is 5.54. The molecule has 0 saturated carbocycles. The normalized spacial score (nSPS) is 11.0. The van der Waals surface area contributed by atoms with E-state index in [9.17, 15) is 9.59 Å². The molecule has 0 aliphatic carbocycles. The molecule has 21 heavy (non-hydrogen) atoms. The average Bonchev–Trinajstić information content (AvgIpc) is 2.76. The maximum absolute atomic E-state index is 11.7. The van der Waals surface area contributed by atoms with Crippen LogP contribution in [0.5, 0.6) is 0 Å². The molecule has 0 atom stereocenters. The Bertz CT molecular complexity index is 494. The number of aryl methyl sites for hydroxylation is 1. The van der Waals surface area contributed by atoms with E-state index in [1.54, 1.807) is 13.0 Å². The molecule has 1 aromatic heterocycles. The lowest BCUT2D eigenvalue weighted by atomic mass is 10.2. The van der Waals surface area contributed by atoms with Gasteiger partial charge in [-0.05, 0) is 26.0 Å². The van der Waals surface area contributed by atoms with Gasteiger partial charge in [0.05, 0.1) is 20.2 Å². The van der Waals surface area contributed by atoms with E-state index in [0.29, 0.717) is 36.1 Å². The van der Waals surface area contributed by atoms with Gasteiger partial charge in [-0.15, -0.1) is 0 Å². The average molecular weight is 296 g/mol. The van der Waals surface area contributed by atoms with Crippen molar-refractivity contribution >= 4 is 11.9 Å². The van der Waals surface area contributed by atoms with Crippen molar-refractivity contribution in [1.82, 2.24) is 10.2 Å². The summed E-state index contributed by atoms with van der Waals surface area (Å²) in [6, 6.07) is 1.66. The monoisotopic (exact) mass is 296 g/mol. The predicted octanol–water partition coefficient (Wildman–Crippen LogP) is 1.58. The van der Waals surface area contributed by atoms with Crippen LogP contribution < -0.4 is 5.32 Å². The minimum absolute atomic E-state index is 0.0253. The van der Waals surface area contributed by atoms with Crippen LogP contribution in [0.25, 0.3) is 0 Å². The Hall–Kier alpha value is -1.82. The Kier molecular flexibility index (Phi) is 6.42. The molecule has 0 saturated heterocycles. The fourth-order valence-electron chi connectivity index (χ4n) is 1.88. The number of hydrogen-bond donors (Lipinski definition) is 1. The third kappa shape index (κ3) is 5.59. The molecule has 1 amide bonds. The maximum atomic E-state index is 11.7. The van der Waals surface area contributed by atoms with Gasteiger partial charge in [-0.3, -0.25) is 9.69 Å². The van der Waals surface area contributed by atoms with Gasteiger partial charge in [-0.2, -0.15) is 0 Å². The van der Waals surface area contributed by atoms with Crippen LogP contribution in [0.4, 0.5) is 0 Å². The second kappa shape index (κ2) is 7.83. The van der Waals surface area contributed by atoms with Gasteiger partial charge in [0.1, 0.15) is 17.1 Å².